The van der Waals surface area contributed by atoms with E-state index in [1.165, 1.54) is 0 Å². The quantitative estimate of drug-likeness (QED) is 0.868. The lowest BCUT2D eigenvalue weighted by Gasteiger charge is -2.27. The second-order valence-electron chi connectivity index (χ2n) is 7.33. The van der Waals surface area contributed by atoms with E-state index in [4.69, 9.17) is 9.84 Å². The molecule has 24 heavy (non-hydrogen) atoms. The van der Waals surface area contributed by atoms with Crippen molar-refractivity contribution in [3.05, 3.63) is 29.8 Å². The Bertz CT molecular complexity index is 591. The lowest BCUT2D eigenvalue weighted by atomic mass is 9.86. The molecule has 5 heteroatoms. The lowest BCUT2D eigenvalue weighted by Crippen LogP contribution is -2.39. The molecule has 1 atom stereocenters. The molecule has 1 fully saturated rings. The monoisotopic (exact) mass is 333 g/mol. The van der Waals surface area contributed by atoms with Crippen LogP contribution in [0.5, 0.6) is 5.75 Å². The normalized spacial score (nSPS) is 17.8. The van der Waals surface area contributed by atoms with Gasteiger partial charge in [-0.05, 0) is 29.9 Å². The van der Waals surface area contributed by atoms with Crippen LogP contribution in [0.1, 0.15) is 52.0 Å². The minimum atomic E-state index is -0.936. The van der Waals surface area contributed by atoms with Gasteiger partial charge in [-0.1, -0.05) is 39.0 Å². The van der Waals surface area contributed by atoms with Gasteiger partial charge in [0.2, 0.25) is 5.91 Å². The van der Waals surface area contributed by atoms with Crippen molar-refractivity contribution in [2.75, 3.05) is 13.2 Å². The number of aliphatic carboxylic acids is 1. The number of para-hydroxylation sites is 1. The maximum atomic E-state index is 12.2. The van der Waals surface area contributed by atoms with Crippen LogP contribution >= 0.6 is 0 Å². The molecule has 1 saturated heterocycles. The zero-order valence-electron chi connectivity index (χ0n) is 14.7. The van der Waals surface area contributed by atoms with Crippen molar-refractivity contribution in [1.29, 1.82) is 0 Å². The zero-order chi connectivity index (χ0) is 17.7. The number of ether oxygens (including phenoxy) is 1. The highest BCUT2D eigenvalue weighted by Gasteiger charge is 2.29. The summed E-state index contributed by atoms with van der Waals surface area (Å²) in [7, 11) is 0. The minimum absolute atomic E-state index is 0.0107. The number of hydrogen-bond acceptors (Lipinski definition) is 3. The SMILES string of the molecule is CC(C)(C)c1ccccc1OCC1CCCN1C(=O)CCC(=O)O. The van der Waals surface area contributed by atoms with Crippen molar-refractivity contribution in [2.24, 2.45) is 0 Å². The Labute approximate surface area is 143 Å². The van der Waals surface area contributed by atoms with Gasteiger partial charge in [0.05, 0.1) is 12.5 Å². The summed E-state index contributed by atoms with van der Waals surface area (Å²) in [5.41, 5.74) is 1.13. The van der Waals surface area contributed by atoms with Gasteiger partial charge < -0.3 is 14.7 Å². The van der Waals surface area contributed by atoms with Gasteiger partial charge in [-0.15, -0.1) is 0 Å². The largest absolute Gasteiger partial charge is 0.491 e. The number of rotatable bonds is 6. The number of carboxylic acids is 1. The number of likely N-dealkylation sites (tertiary alicyclic amines) is 1. The molecule has 0 aliphatic carbocycles. The molecule has 1 aliphatic heterocycles. The number of carboxylic acid groups (broad SMARTS) is 1. The lowest BCUT2D eigenvalue weighted by molar-refractivity contribution is -0.141. The Morgan fingerprint density at radius 1 is 1.25 bits per heavy atom. The van der Waals surface area contributed by atoms with Gasteiger partial charge in [-0.2, -0.15) is 0 Å². The molecule has 0 bridgehead atoms. The van der Waals surface area contributed by atoms with Crippen LogP contribution in [0.15, 0.2) is 24.3 Å². The van der Waals surface area contributed by atoms with Crippen molar-refractivity contribution >= 4 is 11.9 Å². The average molecular weight is 333 g/mol. The zero-order valence-corrected chi connectivity index (χ0v) is 14.7. The maximum absolute atomic E-state index is 12.2. The Hall–Kier alpha value is -2.04. The highest BCUT2D eigenvalue weighted by Crippen LogP contribution is 2.31. The summed E-state index contributed by atoms with van der Waals surface area (Å²) in [6.07, 6.45) is 1.78. The van der Waals surface area contributed by atoms with Crippen molar-refractivity contribution in [1.82, 2.24) is 4.90 Å². The van der Waals surface area contributed by atoms with Crippen LogP contribution in [0, 0.1) is 0 Å². The Morgan fingerprint density at radius 2 is 1.96 bits per heavy atom. The van der Waals surface area contributed by atoms with Crippen molar-refractivity contribution in [2.45, 2.75) is 57.9 Å². The van der Waals surface area contributed by atoms with Gasteiger partial charge >= 0.3 is 5.97 Å². The fourth-order valence-corrected chi connectivity index (χ4v) is 3.09. The number of amides is 1. The molecule has 0 radical (unpaired) electrons. The maximum Gasteiger partial charge on any atom is 0.303 e. The Morgan fingerprint density at radius 3 is 2.62 bits per heavy atom. The third-order valence-electron chi connectivity index (χ3n) is 4.38. The second kappa shape index (κ2) is 7.69. The standard InChI is InChI=1S/C19H27NO4/c1-19(2,3)15-8-4-5-9-16(15)24-13-14-7-6-12-20(14)17(21)10-11-18(22)23/h4-5,8-9,14H,6-7,10-13H2,1-3H3,(H,22,23). The first-order valence-corrected chi connectivity index (χ1v) is 8.52. The topological polar surface area (TPSA) is 66.8 Å². The summed E-state index contributed by atoms with van der Waals surface area (Å²) in [6.45, 7) is 7.57. The summed E-state index contributed by atoms with van der Waals surface area (Å²) >= 11 is 0. The van der Waals surface area contributed by atoms with Crippen LogP contribution < -0.4 is 4.74 Å². The molecular formula is C19H27NO4. The molecule has 0 spiro atoms. The van der Waals surface area contributed by atoms with Crippen molar-refractivity contribution < 1.29 is 19.4 Å². The average Bonchev–Trinajstić information content (AvgIpc) is 2.98. The molecule has 0 saturated carbocycles. The van der Waals surface area contributed by atoms with E-state index in [-0.39, 0.29) is 30.2 Å². The Kier molecular flexibility index (Phi) is 5.86. The van der Waals surface area contributed by atoms with Crippen LogP contribution in [0.4, 0.5) is 0 Å². The van der Waals surface area contributed by atoms with Gasteiger partial charge in [0.15, 0.2) is 0 Å². The van der Waals surface area contributed by atoms with E-state index < -0.39 is 5.97 Å². The van der Waals surface area contributed by atoms with Crippen LogP contribution in [0.2, 0.25) is 0 Å². The van der Waals surface area contributed by atoms with E-state index in [1.807, 2.05) is 18.2 Å². The number of nitrogens with zero attached hydrogens (tertiary/aromatic N) is 1. The van der Waals surface area contributed by atoms with Crippen LogP contribution in [0.25, 0.3) is 0 Å². The van der Waals surface area contributed by atoms with Gasteiger partial charge in [-0.3, -0.25) is 9.59 Å². The molecule has 1 unspecified atom stereocenters. The summed E-state index contributed by atoms with van der Waals surface area (Å²) in [6, 6.07) is 8.02. The number of carbonyl (C=O) groups excluding carboxylic acids is 1. The van der Waals surface area contributed by atoms with Crippen LogP contribution in [-0.2, 0) is 15.0 Å². The number of benzene rings is 1. The van der Waals surface area contributed by atoms with E-state index in [2.05, 4.69) is 26.8 Å². The molecule has 1 aromatic carbocycles. The molecule has 1 heterocycles. The molecule has 0 aromatic heterocycles. The molecule has 1 N–H and O–H groups in total. The predicted octanol–water partition coefficient (Wildman–Crippen LogP) is 3.22. The second-order valence-corrected chi connectivity index (χ2v) is 7.33. The predicted molar refractivity (Wildman–Crippen MR) is 92.2 cm³/mol. The third kappa shape index (κ3) is 4.73. The first-order chi connectivity index (χ1) is 11.3. The summed E-state index contributed by atoms with van der Waals surface area (Å²) in [4.78, 5) is 24.6. The summed E-state index contributed by atoms with van der Waals surface area (Å²) < 4.78 is 6.04. The molecule has 5 nitrogen and oxygen atoms in total. The van der Waals surface area contributed by atoms with Gasteiger partial charge in [0.1, 0.15) is 12.4 Å². The van der Waals surface area contributed by atoms with E-state index in [0.717, 1.165) is 24.2 Å². The van der Waals surface area contributed by atoms with E-state index >= 15 is 0 Å². The highest BCUT2D eigenvalue weighted by atomic mass is 16.5. The number of hydrogen-bond donors (Lipinski definition) is 1. The molecular weight excluding hydrogens is 306 g/mol. The minimum Gasteiger partial charge on any atom is -0.491 e. The van der Waals surface area contributed by atoms with E-state index in [9.17, 15) is 9.59 Å². The molecule has 1 aromatic rings. The first kappa shape index (κ1) is 18.3. The smallest absolute Gasteiger partial charge is 0.303 e. The van der Waals surface area contributed by atoms with Gasteiger partial charge in [0, 0.05) is 13.0 Å². The van der Waals surface area contributed by atoms with E-state index in [1.54, 1.807) is 4.90 Å². The first-order valence-electron chi connectivity index (χ1n) is 8.52. The fourth-order valence-electron chi connectivity index (χ4n) is 3.09. The van der Waals surface area contributed by atoms with Crippen molar-refractivity contribution in [3.8, 4) is 5.75 Å². The summed E-state index contributed by atoms with van der Waals surface area (Å²) in [5, 5.41) is 8.73. The highest BCUT2D eigenvalue weighted by molar-refractivity contribution is 5.81. The van der Waals surface area contributed by atoms with Crippen LogP contribution in [-0.4, -0.2) is 41.1 Å². The van der Waals surface area contributed by atoms with Gasteiger partial charge in [0.25, 0.3) is 0 Å². The molecule has 132 valence electrons. The summed E-state index contributed by atoms with van der Waals surface area (Å²) in [5.74, 6) is -0.170. The molecule has 1 amide bonds. The number of carbonyl (C=O) groups is 2. The Balaban J connectivity index is 1.99. The van der Waals surface area contributed by atoms with Crippen LogP contribution in [0.3, 0.4) is 0 Å². The molecule has 1 aliphatic rings. The van der Waals surface area contributed by atoms with Gasteiger partial charge in [-0.25, -0.2) is 0 Å². The van der Waals surface area contributed by atoms with Crippen molar-refractivity contribution in [3.63, 3.8) is 0 Å². The molecule has 2 rings (SSSR count). The third-order valence-corrected chi connectivity index (χ3v) is 4.38. The van der Waals surface area contributed by atoms with E-state index in [0.29, 0.717) is 13.2 Å². The fraction of sp³-hybridized carbons (Fsp3) is 0.579.